The minimum Gasteiger partial charge on any atom is -1.00 e. The Kier molecular flexibility index (Phi) is 19.7. The molecule has 2 heterocycles. The molecule has 0 unspecified atom stereocenters. The van der Waals surface area contributed by atoms with Gasteiger partial charge in [-0.05, 0) is 0 Å². The Balaban J connectivity index is 0.000000648. The van der Waals surface area contributed by atoms with Crippen molar-refractivity contribution in [1.29, 1.82) is 0 Å². The van der Waals surface area contributed by atoms with Gasteiger partial charge in [0, 0.05) is 16.1 Å². The zero-order valence-corrected chi connectivity index (χ0v) is 29.5. The van der Waals surface area contributed by atoms with Crippen LogP contribution in [-0.4, -0.2) is 16.1 Å². The van der Waals surface area contributed by atoms with Gasteiger partial charge in [0.1, 0.15) is 0 Å². The third-order valence-corrected chi connectivity index (χ3v) is 20.1. The van der Waals surface area contributed by atoms with Crippen LogP contribution in [0.1, 0.15) is 103 Å². The topological polar surface area (TPSA) is 0 Å². The summed E-state index contributed by atoms with van der Waals surface area (Å²) in [5.41, 5.74) is 3.22. The molecule has 0 saturated carbocycles. The second-order valence-corrected chi connectivity index (χ2v) is 21.0. The van der Waals surface area contributed by atoms with Crippen molar-refractivity contribution < 1.29 is 46.5 Å². The predicted octanol–water partition coefficient (Wildman–Crippen LogP) is 3.22. The fourth-order valence-electron chi connectivity index (χ4n) is 6.32. The van der Waals surface area contributed by atoms with Crippen LogP contribution in [0.5, 0.6) is 0 Å². The molecule has 0 aliphatic carbocycles. The molecule has 37 heavy (non-hydrogen) atoms. The Hall–Kier alpha value is 0.428. The molecule has 208 valence electrons. The van der Waals surface area contributed by atoms with Gasteiger partial charge in [-0.2, -0.15) is 35.4 Å². The van der Waals surface area contributed by atoms with Crippen LogP contribution in [0, 0.1) is 0 Å². The number of aryl methyl sites for hydroxylation is 2. The summed E-state index contributed by atoms with van der Waals surface area (Å²) in [5.74, 6) is 0. The van der Waals surface area contributed by atoms with E-state index in [1.807, 2.05) is 0 Å². The Bertz CT molecular complexity index is 752. The van der Waals surface area contributed by atoms with Crippen molar-refractivity contribution >= 4 is 26.5 Å². The van der Waals surface area contributed by atoms with E-state index in [9.17, 15) is 0 Å². The first-order valence-electron chi connectivity index (χ1n) is 15.1. The van der Waals surface area contributed by atoms with E-state index < -0.39 is 16.1 Å². The van der Waals surface area contributed by atoms with Gasteiger partial charge in [-0.25, -0.2) is 22.5 Å². The van der Waals surface area contributed by atoms with Gasteiger partial charge < -0.3 is 24.8 Å². The molecular weight excluding hydrogens is 559 g/mol. The molecule has 0 radical (unpaired) electrons. The molecule has 0 N–H and O–H groups in total. The fourth-order valence-corrected chi connectivity index (χ4v) is 15.4. The Morgan fingerprint density at radius 3 is 1.22 bits per heavy atom. The van der Waals surface area contributed by atoms with Crippen LogP contribution in [0.3, 0.4) is 0 Å². The first-order chi connectivity index (χ1) is 16.6. The summed E-state index contributed by atoms with van der Waals surface area (Å²) in [4.78, 5) is 0. The van der Waals surface area contributed by atoms with Crippen molar-refractivity contribution in [3.05, 3.63) is 47.5 Å². The van der Waals surface area contributed by atoms with Gasteiger partial charge in [0.05, 0.1) is 0 Å². The smallest absolute Gasteiger partial charge is 1.00 e. The Morgan fingerprint density at radius 1 is 0.595 bits per heavy atom. The minimum atomic E-state index is -0.958. The zero-order chi connectivity index (χ0) is 24.3. The second kappa shape index (κ2) is 19.5. The van der Waals surface area contributed by atoms with Gasteiger partial charge in [-0.3, -0.25) is 0 Å². The first-order valence-corrected chi connectivity index (χ1v) is 20.4. The quantitative estimate of drug-likeness (QED) is 0.227. The standard InChI is InChI=1S/2C16H27Si.2ClH.Ti/c2*1-3-5-8-15-9-10-16(14-15)17(11-6-4-2)12-7-13-17;;;/h2*9-10,14H,3-8,11-13H2,1-2H3;2*1H;/q2*-1;;;+4/p-2. The van der Waals surface area contributed by atoms with Crippen molar-refractivity contribution in [2.45, 2.75) is 141 Å². The van der Waals surface area contributed by atoms with E-state index in [0.717, 1.165) is 0 Å². The van der Waals surface area contributed by atoms with Crippen molar-refractivity contribution in [3.8, 4) is 0 Å². The molecular formula is C32H54Cl2Si2Ti. The van der Waals surface area contributed by atoms with Gasteiger partial charge in [-0.15, -0.1) is 0 Å². The summed E-state index contributed by atoms with van der Waals surface area (Å²) in [6, 6.07) is 24.3. The van der Waals surface area contributed by atoms with Crippen LogP contribution in [0.25, 0.3) is 0 Å². The third kappa shape index (κ3) is 10.4. The van der Waals surface area contributed by atoms with Crippen molar-refractivity contribution in [2.24, 2.45) is 0 Å². The first kappa shape index (κ1) is 37.4. The molecule has 0 spiro atoms. The molecule has 2 saturated heterocycles. The van der Waals surface area contributed by atoms with Crippen LogP contribution in [-0.2, 0) is 34.6 Å². The van der Waals surface area contributed by atoms with Crippen LogP contribution < -0.4 is 35.2 Å². The monoisotopic (exact) mass is 612 g/mol. The maximum atomic E-state index is 2.57. The van der Waals surface area contributed by atoms with E-state index in [1.54, 1.807) is 57.8 Å². The second-order valence-electron chi connectivity index (χ2n) is 11.7. The summed E-state index contributed by atoms with van der Waals surface area (Å²) >= 11 is 0. The molecule has 5 heteroatoms. The summed E-state index contributed by atoms with van der Waals surface area (Å²) < 4.78 is 0. The molecule has 0 bridgehead atoms. The number of halogens is 2. The number of hydrogen-bond acceptors (Lipinski definition) is 0. The van der Waals surface area contributed by atoms with Crippen LogP contribution in [0.2, 0.25) is 36.3 Å². The van der Waals surface area contributed by atoms with E-state index in [0.29, 0.717) is 0 Å². The van der Waals surface area contributed by atoms with E-state index >= 15 is 0 Å². The van der Waals surface area contributed by atoms with E-state index in [-0.39, 0.29) is 46.5 Å². The largest absolute Gasteiger partial charge is 4.00 e. The van der Waals surface area contributed by atoms with Gasteiger partial charge in [-0.1, -0.05) is 141 Å². The average molecular weight is 614 g/mol. The predicted molar refractivity (Wildman–Crippen MR) is 160 cm³/mol. The molecule has 0 amide bonds. The fraction of sp³-hybridized carbons (Fsp3) is 0.688. The van der Waals surface area contributed by atoms with Crippen LogP contribution in [0.4, 0.5) is 0 Å². The average Bonchev–Trinajstić information content (AvgIpc) is 3.46. The van der Waals surface area contributed by atoms with E-state index in [1.165, 1.54) is 77.0 Å². The summed E-state index contributed by atoms with van der Waals surface area (Å²) in [6.07, 6.45) is 16.6. The van der Waals surface area contributed by atoms with Gasteiger partial charge in [0.15, 0.2) is 0 Å². The maximum absolute atomic E-state index is 2.57. The molecule has 0 nitrogen and oxygen atoms in total. The number of hydrogen-bond donors (Lipinski definition) is 0. The molecule has 2 aliphatic rings. The SMILES string of the molecule is CCCC[c-]1ccc([Si]2(CCCC)CCC2)c1.CCCC[c-]1ccc([Si]2(CCCC)CCC2)c1.[Cl-].[Cl-].[Ti+4]. The third-order valence-electron chi connectivity index (χ3n) is 9.14. The van der Waals surface area contributed by atoms with Crippen molar-refractivity contribution in [1.82, 2.24) is 0 Å². The van der Waals surface area contributed by atoms with Crippen LogP contribution in [0.15, 0.2) is 36.4 Å². The molecule has 2 aliphatic heterocycles. The normalized spacial score (nSPS) is 16.5. The zero-order valence-electron chi connectivity index (χ0n) is 24.4. The van der Waals surface area contributed by atoms with Crippen molar-refractivity contribution in [3.63, 3.8) is 0 Å². The summed E-state index contributed by atoms with van der Waals surface area (Å²) in [6.45, 7) is 9.23. The maximum Gasteiger partial charge on any atom is 4.00 e. The number of rotatable bonds is 14. The molecule has 4 rings (SSSR count). The molecule has 2 aromatic carbocycles. The van der Waals surface area contributed by atoms with E-state index in [4.69, 9.17) is 0 Å². The Labute approximate surface area is 260 Å². The molecule has 2 aromatic rings. The van der Waals surface area contributed by atoms with E-state index in [2.05, 4.69) is 64.1 Å². The molecule has 0 atom stereocenters. The van der Waals surface area contributed by atoms with Gasteiger partial charge >= 0.3 is 21.7 Å². The van der Waals surface area contributed by atoms with Gasteiger partial charge in [0.2, 0.25) is 0 Å². The molecule has 0 aromatic heterocycles. The Morgan fingerprint density at radius 2 is 0.946 bits per heavy atom. The molecule has 2 fully saturated rings. The minimum absolute atomic E-state index is 0. The van der Waals surface area contributed by atoms with Crippen LogP contribution >= 0.6 is 0 Å². The number of unbranched alkanes of at least 4 members (excludes halogenated alkanes) is 4. The summed E-state index contributed by atoms with van der Waals surface area (Å²) in [7, 11) is -1.92. The summed E-state index contributed by atoms with van der Waals surface area (Å²) in [5, 5.41) is 3.59. The van der Waals surface area contributed by atoms with Crippen molar-refractivity contribution in [2.75, 3.05) is 0 Å². The van der Waals surface area contributed by atoms with Gasteiger partial charge in [0.25, 0.3) is 0 Å².